The Labute approximate surface area is 104 Å². The van der Waals surface area contributed by atoms with Gasteiger partial charge in [0.15, 0.2) is 0 Å². The summed E-state index contributed by atoms with van der Waals surface area (Å²) in [6.45, 7) is 8.01. The lowest BCUT2D eigenvalue weighted by Crippen LogP contribution is -2.69. The maximum atomic E-state index is 12.4. The van der Waals surface area contributed by atoms with E-state index in [0.29, 0.717) is 18.8 Å². The van der Waals surface area contributed by atoms with Gasteiger partial charge in [0.2, 0.25) is 11.8 Å². The van der Waals surface area contributed by atoms with Gasteiger partial charge in [-0.15, -0.1) is 0 Å². The van der Waals surface area contributed by atoms with Gasteiger partial charge in [-0.3, -0.25) is 9.59 Å². The summed E-state index contributed by atoms with van der Waals surface area (Å²) in [5, 5.41) is 2.93. The smallest absolute Gasteiger partial charge is 0.248 e. The van der Waals surface area contributed by atoms with Gasteiger partial charge >= 0.3 is 0 Å². The van der Waals surface area contributed by atoms with Crippen LogP contribution in [0.15, 0.2) is 0 Å². The van der Waals surface area contributed by atoms with Crippen LogP contribution in [0.1, 0.15) is 47.0 Å². The predicted octanol–water partition coefficient (Wildman–Crippen LogP) is 1.55. The number of hydrogen-bond acceptors (Lipinski definition) is 2. The van der Waals surface area contributed by atoms with Crippen LogP contribution in [0.3, 0.4) is 0 Å². The van der Waals surface area contributed by atoms with Crippen molar-refractivity contribution in [3.05, 3.63) is 0 Å². The maximum absolute atomic E-state index is 12.4. The third kappa shape index (κ3) is 2.45. The lowest BCUT2D eigenvalue weighted by molar-refractivity contribution is -0.154. The van der Waals surface area contributed by atoms with E-state index in [0.717, 1.165) is 6.42 Å². The first-order valence-electron chi connectivity index (χ1n) is 6.47. The summed E-state index contributed by atoms with van der Waals surface area (Å²) in [4.78, 5) is 26.1. The molecular weight excluding hydrogens is 216 g/mol. The van der Waals surface area contributed by atoms with Crippen LogP contribution in [0.2, 0.25) is 0 Å². The minimum Gasteiger partial charge on any atom is -0.340 e. The Morgan fingerprint density at radius 2 is 1.82 bits per heavy atom. The number of amides is 2. The molecule has 0 aromatic carbocycles. The van der Waals surface area contributed by atoms with Gasteiger partial charge in [-0.1, -0.05) is 27.7 Å². The summed E-state index contributed by atoms with van der Waals surface area (Å²) in [6, 6.07) is -0.311. The highest BCUT2D eigenvalue weighted by atomic mass is 16.2. The first kappa shape index (κ1) is 14.0. The number of likely N-dealkylation sites (N-methyl/N-ethyl adjacent to an activating group) is 1. The second-order valence-electron chi connectivity index (χ2n) is 5.34. The third-order valence-corrected chi connectivity index (χ3v) is 3.76. The Morgan fingerprint density at radius 1 is 1.29 bits per heavy atom. The Balaban J connectivity index is 2.94. The average molecular weight is 240 g/mol. The number of piperazine rings is 1. The van der Waals surface area contributed by atoms with E-state index in [1.807, 2.05) is 13.8 Å². The summed E-state index contributed by atoms with van der Waals surface area (Å²) < 4.78 is 0. The van der Waals surface area contributed by atoms with Gasteiger partial charge in [-0.25, -0.2) is 0 Å². The quantitative estimate of drug-likeness (QED) is 0.810. The molecule has 1 saturated heterocycles. The molecule has 4 heteroatoms. The molecule has 98 valence electrons. The van der Waals surface area contributed by atoms with Crippen LogP contribution < -0.4 is 5.32 Å². The molecule has 4 nitrogen and oxygen atoms in total. The number of carbonyl (C=O) groups excluding carboxylic acids is 2. The highest BCUT2D eigenvalue weighted by molar-refractivity contribution is 5.99. The highest BCUT2D eigenvalue weighted by Gasteiger charge is 2.47. The van der Waals surface area contributed by atoms with Gasteiger partial charge in [0, 0.05) is 7.05 Å². The molecule has 1 aliphatic heterocycles. The van der Waals surface area contributed by atoms with Crippen molar-refractivity contribution in [1.82, 2.24) is 10.2 Å². The van der Waals surface area contributed by atoms with Crippen LogP contribution in [0, 0.1) is 5.92 Å². The van der Waals surface area contributed by atoms with E-state index in [1.165, 1.54) is 0 Å². The molecule has 1 aliphatic rings. The van der Waals surface area contributed by atoms with Gasteiger partial charge < -0.3 is 10.2 Å². The fraction of sp³-hybridized carbons (Fsp3) is 0.846. The number of rotatable bonds is 4. The lowest BCUT2D eigenvalue weighted by Gasteiger charge is -2.44. The van der Waals surface area contributed by atoms with Crippen LogP contribution in [0.25, 0.3) is 0 Å². The second-order valence-corrected chi connectivity index (χ2v) is 5.34. The summed E-state index contributed by atoms with van der Waals surface area (Å²) in [5.41, 5.74) is -0.681. The summed E-state index contributed by atoms with van der Waals surface area (Å²) >= 11 is 0. The molecule has 0 bridgehead atoms. The van der Waals surface area contributed by atoms with Crippen molar-refractivity contribution in [2.24, 2.45) is 5.92 Å². The molecule has 0 saturated carbocycles. The molecule has 0 aromatic rings. The normalized spacial score (nSPS) is 24.1. The van der Waals surface area contributed by atoms with Crippen LogP contribution >= 0.6 is 0 Å². The first-order chi connectivity index (χ1) is 7.88. The fourth-order valence-electron chi connectivity index (χ4n) is 2.47. The van der Waals surface area contributed by atoms with Crippen LogP contribution in [0.5, 0.6) is 0 Å². The molecule has 1 rings (SSSR count). The zero-order valence-electron chi connectivity index (χ0n) is 11.5. The summed E-state index contributed by atoms with van der Waals surface area (Å²) in [5.74, 6) is 0.439. The van der Waals surface area contributed by atoms with Crippen molar-refractivity contribution in [2.45, 2.75) is 58.5 Å². The molecule has 2 amide bonds. The molecule has 17 heavy (non-hydrogen) atoms. The van der Waals surface area contributed by atoms with Gasteiger partial charge in [-0.2, -0.15) is 0 Å². The Morgan fingerprint density at radius 3 is 2.24 bits per heavy atom. The van der Waals surface area contributed by atoms with E-state index in [9.17, 15) is 9.59 Å². The largest absolute Gasteiger partial charge is 0.340 e. The minimum absolute atomic E-state index is 0.00972. The van der Waals surface area contributed by atoms with E-state index < -0.39 is 5.54 Å². The molecule has 0 radical (unpaired) electrons. The maximum Gasteiger partial charge on any atom is 0.248 e. The van der Waals surface area contributed by atoms with Crippen molar-refractivity contribution < 1.29 is 9.59 Å². The molecule has 1 unspecified atom stereocenters. The van der Waals surface area contributed by atoms with E-state index in [-0.39, 0.29) is 17.9 Å². The number of nitrogens with one attached hydrogen (secondary N) is 1. The Kier molecular flexibility index (Phi) is 4.17. The van der Waals surface area contributed by atoms with Gasteiger partial charge in [0.25, 0.3) is 0 Å². The van der Waals surface area contributed by atoms with Crippen LogP contribution in [-0.4, -0.2) is 35.3 Å². The molecule has 1 heterocycles. The van der Waals surface area contributed by atoms with Crippen molar-refractivity contribution in [3.63, 3.8) is 0 Å². The van der Waals surface area contributed by atoms with Crippen molar-refractivity contribution in [1.29, 1.82) is 0 Å². The molecule has 1 atom stereocenters. The number of hydrogen-bond donors (Lipinski definition) is 1. The van der Waals surface area contributed by atoms with Crippen LogP contribution in [-0.2, 0) is 9.59 Å². The van der Waals surface area contributed by atoms with E-state index >= 15 is 0 Å². The SMILES string of the molecule is CCC1(CC)NC(=O)C(CC(C)C)N(C)C1=O. The van der Waals surface area contributed by atoms with Gasteiger partial charge in [0.05, 0.1) is 0 Å². The number of nitrogens with zero attached hydrogens (tertiary/aromatic N) is 1. The van der Waals surface area contributed by atoms with Crippen LogP contribution in [0.4, 0.5) is 0 Å². The van der Waals surface area contributed by atoms with E-state index in [1.54, 1.807) is 11.9 Å². The van der Waals surface area contributed by atoms with Gasteiger partial charge in [-0.05, 0) is 25.2 Å². The van der Waals surface area contributed by atoms with E-state index in [2.05, 4.69) is 19.2 Å². The Hall–Kier alpha value is -1.06. The average Bonchev–Trinajstić information content (AvgIpc) is 2.29. The molecular formula is C13H24N2O2. The molecule has 0 spiro atoms. The fourth-order valence-corrected chi connectivity index (χ4v) is 2.47. The zero-order valence-corrected chi connectivity index (χ0v) is 11.5. The lowest BCUT2D eigenvalue weighted by atomic mass is 9.86. The molecule has 1 fully saturated rings. The van der Waals surface area contributed by atoms with E-state index in [4.69, 9.17) is 0 Å². The van der Waals surface area contributed by atoms with Gasteiger partial charge in [0.1, 0.15) is 11.6 Å². The third-order valence-electron chi connectivity index (χ3n) is 3.76. The molecule has 0 aromatic heterocycles. The van der Waals surface area contributed by atoms with Crippen molar-refractivity contribution >= 4 is 11.8 Å². The molecule has 0 aliphatic carbocycles. The highest BCUT2D eigenvalue weighted by Crippen LogP contribution is 2.26. The molecule has 1 N–H and O–H groups in total. The minimum atomic E-state index is -0.681. The topological polar surface area (TPSA) is 49.4 Å². The number of carbonyl (C=O) groups is 2. The van der Waals surface area contributed by atoms with Crippen molar-refractivity contribution in [3.8, 4) is 0 Å². The summed E-state index contributed by atoms with van der Waals surface area (Å²) in [6.07, 6.45) is 2.01. The standard InChI is InChI=1S/C13H24N2O2/c1-6-13(7-2)12(17)15(5)10(8-9(3)4)11(16)14-13/h9-10H,6-8H2,1-5H3,(H,14,16). The first-order valence-corrected chi connectivity index (χ1v) is 6.47. The zero-order chi connectivity index (χ0) is 13.2. The second kappa shape index (κ2) is 5.07. The summed E-state index contributed by atoms with van der Waals surface area (Å²) in [7, 11) is 1.74. The predicted molar refractivity (Wildman–Crippen MR) is 67.5 cm³/mol. The monoisotopic (exact) mass is 240 g/mol. The van der Waals surface area contributed by atoms with Crippen molar-refractivity contribution in [2.75, 3.05) is 7.05 Å². The Bertz CT molecular complexity index is 309.